The lowest BCUT2D eigenvalue weighted by Crippen LogP contribution is -2.69. The summed E-state index contributed by atoms with van der Waals surface area (Å²) in [6, 6.07) is 10.1. The van der Waals surface area contributed by atoms with E-state index in [0.29, 0.717) is 34.6 Å². The van der Waals surface area contributed by atoms with Gasteiger partial charge in [0.15, 0.2) is 6.79 Å². The van der Waals surface area contributed by atoms with Crippen LogP contribution in [0.3, 0.4) is 0 Å². The van der Waals surface area contributed by atoms with Gasteiger partial charge in [-0.15, -0.1) is 4.68 Å². The normalized spacial score (nSPS) is 19.9. The van der Waals surface area contributed by atoms with E-state index in [0.717, 1.165) is 37.3 Å². The summed E-state index contributed by atoms with van der Waals surface area (Å²) >= 11 is 6.10. The van der Waals surface area contributed by atoms with Gasteiger partial charge in [0.25, 0.3) is 0 Å². The van der Waals surface area contributed by atoms with Crippen molar-refractivity contribution in [2.75, 3.05) is 42.6 Å². The Labute approximate surface area is 190 Å². The molecule has 4 heterocycles. The van der Waals surface area contributed by atoms with Gasteiger partial charge in [-0.05, 0) is 25.0 Å². The number of nitrogens with two attached hydrogens (primary N) is 1. The van der Waals surface area contributed by atoms with Crippen LogP contribution in [0.15, 0.2) is 42.9 Å². The largest absolute Gasteiger partial charge is 0.467 e. The van der Waals surface area contributed by atoms with Crippen LogP contribution in [0, 0.1) is 0 Å². The van der Waals surface area contributed by atoms with E-state index in [1.807, 2.05) is 41.2 Å². The molecule has 2 unspecified atom stereocenters. The zero-order valence-corrected chi connectivity index (χ0v) is 18.4. The molecule has 2 saturated heterocycles. The second-order valence-corrected chi connectivity index (χ2v) is 8.21. The highest BCUT2D eigenvalue weighted by molar-refractivity contribution is 6.29. The van der Waals surface area contributed by atoms with Crippen molar-refractivity contribution in [2.24, 2.45) is 0 Å². The lowest BCUT2D eigenvalue weighted by Gasteiger charge is -2.41. The average Bonchev–Trinajstić information content (AvgIpc) is 3.08. The average molecular weight is 456 g/mol. The maximum Gasteiger partial charge on any atom is 0.434 e. The summed E-state index contributed by atoms with van der Waals surface area (Å²) in [5.41, 5.74) is 7.73. The summed E-state index contributed by atoms with van der Waals surface area (Å²) in [5.74, 6) is 1.88. The Morgan fingerprint density at radius 2 is 1.94 bits per heavy atom. The first-order chi connectivity index (χ1) is 15.6. The van der Waals surface area contributed by atoms with E-state index in [-0.39, 0.29) is 6.79 Å². The molecule has 11 heteroatoms. The highest BCUT2D eigenvalue weighted by Crippen LogP contribution is 2.33. The number of hydrogen-bond acceptors (Lipinski definition) is 9. The monoisotopic (exact) mass is 455 g/mol. The van der Waals surface area contributed by atoms with E-state index in [1.165, 1.54) is 6.33 Å². The Morgan fingerprint density at radius 1 is 1.16 bits per heavy atom. The van der Waals surface area contributed by atoms with Gasteiger partial charge in [0.1, 0.15) is 34.9 Å². The fraction of sp³-hybridized carbons (Fsp3) is 0.381. The highest BCUT2D eigenvalue weighted by atomic mass is 35.5. The second-order valence-electron chi connectivity index (χ2n) is 7.83. The van der Waals surface area contributed by atoms with Crippen molar-refractivity contribution in [1.29, 1.82) is 0 Å². The first-order valence-corrected chi connectivity index (χ1v) is 10.8. The van der Waals surface area contributed by atoms with Gasteiger partial charge >= 0.3 is 5.95 Å². The lowest BCUT2D eigenvalue weighted by atomic mass is 10.1. The second kappa shape index (κ2) is 8.71. The van der Waals surface area contributed by atoms with Crippen molar-refractivity contribution in [1.82, 2.24) is 20.2 Å². The quantitative estimate of drug-likeness (QED) is 0.335. The summed E-state index contributed by atoms with van der Waals surface area (Å²) in [6.07, 6.45) is 5.57. The smallest absolute Gasteiger partial charge is 0.434 e. The van der Waals surface area contributed by atoms with Crippen LogP contribution in [0.1, 0.15) is 12.8 Å². The fourth-order valence-electron chi connectivity index (χ4n) is 4.53. The van der Waals surface area contributed by atoms with E-state index in [1.54, 1.807) is 7.11 Å². The van der Waals surface area contributed by atoms with Gasteiger partial charge < -0.3 is 14.4 Å². The van der Waals surface area contributed by atoms with Crippen molar-refractivity contribution in [3.63, 3.8) is 0 Å². The molecule has 2 aliphatic heterocycles. The lowest BCUT2D eigenvalue weighted by molar-refractivity contribution is -0.682. The van der Waals surface area contributed by atoms with Crippen molar-refractivity contribution < 1.29 is 14.1 Å². The minimum atomic E-state index is 0.151. The van der Waals surface area contributed by atoms with Crippen molar-refractivity contribution in [3.8, 4) is 17.0 Å². The van der Waals surface area contributed by atoms with Crippen LogP contribution in [0.5, 0.6) is 5.75 Å². The third-order valence-electron chi connectivity index (χ3n) is 5.89. The molecule has 10 nitrogen and oxygen atoms in total. The topological polar surface area (TPSA) is 106 Å². The molecule has 0 saturated carbocycles. The zero-order valence-electron chi connectivity index (χ0n) is 17.6. The molecule has 166 valence electrons. The number of aromatic nitrogens is 5. The van der Waals surface area contributed by atoms with Crippen LogP contribution in [0.2, 0.25) is 5.15 Å². The van der Waals surface area contributed by atoms with Crippen LogP contribution < -0.4 is 25.1 Å². The maximum atomic E-state index is 6.24. The number of anilines is 2. The molecule has 2 N–H and O–H groups in total. The van der Waals surface area contributed by atoms with Crippen LogP contribution >= 0.6 is 11.6 Å². The SMILES string of the molecule is COCOc1ccccc1-c1c[n+](N2CC3CCC(C2)N3c2cc(Cl)ncn2)c(N)nn1. The molecule has 0 amide bonds. The van der Waals surface area contributed by atoms with E-state index in [4.69, 9.17) is 26.8 Å². The van der Waals surface area contributed by atoms with Crippen molar-refractivity contribution in [2.45, 2.75) is 24.9 Å². The minimum Gasteiger partial charge on any atom is -0.467 e. The van der Waals surface area contributed by atoms with Gasteiger partial charge in [-0.2, -0.15) is 0 Å². The summed E-state index contributed by atoms with van der Waals surface area (Å²) in [5, 5.41) is 11.2. The van der Waals surface area contributed by atoms with E-state index < -0.39 is 0 Å². The number of benzene rings is 1. The maximum absolute atomic E-state index is 6.24. The number of rotatable bonds is 6. The molecule has 0 aliphatic carbocycles. The number of nitrogens with zero attached hydrogens (tertiary/aromatic N) is 7. The molecular weight excluding hydrogens is 432 g/mol. The number of para-hydroxylation sites is 1. The minimum absolute atomic E-state index is 0.151. The third-order valence-corrected chi connectivity index (χ3v) is 6.09. The summed E-state index contributed by atoms with van der Waals surface area (Å²) < 4.78 is 12.6. The van der Waals surface area contributed by atoms with Gasteiger partial charge in [-0.25, -0.2) is 9.97 Å². The Morgan fingerprint density at radius 3 is 2.69 bits per heavy atom. The Bertz CT molecular complexity index is 1100. The van der Waals surface area contributed by atoms with Crippen molar-refractivity contribution in [3.05, 3.63) is 48.0 Å². The predicted molar refractivity (Wildman–Crippen MR) is 119 cm³/mol. The number of halogens is 1. The van der Waals surface area contributed by atoms with Crippen LogP contribution in [0.4, 0.5) is 11.8 Å². The first kappa shape index (κ1) is 20.7. The number of piperazine rings is 1. The summed E-state index contributed by atoms with van der Waals surface area (Å²) in [7, 11) is 1.59. The fourth-order valence-corrected chi connectivity index (χ4v) is 4.67. The van der Waals surface area contributed by atoms with Gasteiger partial charge in [-0.3, -0.25) is 10.7 Å². The molecule has 2 fully saturated rings. The molecule has 1 aromatic carbocycles. The van der Waals surface area contributed by atoms with Crippen molar-refractivity contribution >= 4 is 23.4 Å². The molecule has 0 spiro atoms. The Balaban J connectivity index is 1.43. The Kier molecular flexibility index (Phi) is 5.62. The predicted octanol–water partition coefficient (Wildman–Crippen LogP) is 1.43. The van der Waals surface area contributed by atoms with E-state index in [9.17, 15) is 0 Å². The van der Waals surface area contributed by atoms with Crippen LogP contribution in [0.25, 0.3) is 11.3 Å². The summed E-state index contributed by atoms with van der Waals surface area (Å²) in [6.45, 7) is 1.71. The van der Waals surface area contributed by atoms with Gasteiger partial charge in [0, 0.05) is 23.8 Å². The van der Waals surface area contributed by atoms with E-state index in [2.05, 4.69) is 30.1 Å². The standard InChI is InChI=1S/C21H23ClN8O2/c1-31-13-32-18-5-3-2-4-16(18)17-11-29(21(23)27-26-17)28-9-14-6-7-15(10-28)30(14)20-8-19(22)24-12-25-20/h2-5,8,11-12,14-15,23H,6-7,9-10,13H2,1H3/p+1. The molecule has 5 rings (SSSR count). The molecule has 2 aliphatic rings. The molecule has 32 heavy (non-hydrogen) atoms. The van der Waals surface area contributed by atoms with Crippen LogP contribution in [-0.4, -0.2) is 59.2 Å². The molecule has 0 radical (unpaired) electrons. The first-order valence-electron chi connectivity index (χ1n) is 10.4. The molecular formula is C21H24ClN8O2+. The van der Waals surface area contributed by atoms with Crippen LogP contribution in [-0.2, 0) is 4.74 Å². The van der Waals surface area contributed by atoms with E-state index >= 15 is 0 Å². The number of nitrogen functional groups attached to an aromatic ring is 1. The number of methoxy groups -OCH3 is 1. The Hall–Kier alpha value is -3.24. The summed E-state index contributed by atoms with van der Waals surface area (Å²) in [4.78, 5) is 10.8. The third kappa shape index (κ3) is 3.87. The van der Waals surface area contributed by atoms with Gasteiger partial charge in [0.2, 0.25) is 0 Å². The molecule has 2 atom stereocenters. The number of hydrogen-bond donors (Lipinski definition) is 1. The number of fused-ring (bicyclic) bond motifs is 2. The molecule has 2 aromatic heterocycles. The highest BCUT2D eigenvalue weighted by Gasteiger charge is 2.42. The molecule has 3 aromatic rings. The molecule has 2 bridgehead atoms. The van der Waals surface area contributed by atoms with Gasteiger partial charge in [-0.1, -0.05) is 28.8 Å². The van der Waals surface area contributed by atoms with Gasteiger partial charge in [0.05, 0.1) is 25.2 Å². The number of ether oxygens (including phenoxy) is 2. The zero-order chi connectivity index (χ0) is 22.1.